The van der Waals surface area contributed by atoms with Crippen molar-refractivity contribution in [1.29, 1.82) is 0 Å². The van der Waals surface area contributed by atoms with Crippen molar-refractivity contribution in [1.82, 2.24) is 9.80 Å². The highest BCUT2D eigenvalue weighted by Gasteiger charge is 2.16. The summed E-state index contributed by atoms with van der Waals surface area (Å²) in [5, 5.41) is 3.67. The summed E-state index contributed by atoms with van der Waals surface area (Å²) in [6, 6.07) is 4.43. The molecule has 1 saturated heterocycles. The van der Waals surface area contributed by atoms with E-state index in [-0.39, 0.29) is 0 Å². The van der Waals surface area contributed by atoms with E-state index in [4.69, 9.17) is 5.84 Å². The third-order valence-corrected chi connectivity index (χ3v) is 4.22. The molecule has 110 valence electrons. The van der Waals surface area contributed by atoms with Gasteiger partial charge >= 0.3 is 0 Å². The predicted octanol–water partition coefficient (Wildman–Crippen LogP) is 1.73. The zero-order valence-corrected chi connectivity index (χ0v) is 12.9. The van der Waals surface area contributed by atoms with Gasteiger partial charge < -0.3 is 10.7 Å². The minimum Gasteiger partial charge on any atom is -0.323 e. The number of hydrogen-bond donors (Lipinski definition) is 1. The summed E-state index contributed by atoms with van der Waals surface area (Å²) in [5.41, 5.74) is 5.09. The molecule has 2 rings (SSSR count). The van der Waals surface area contributed by atoms with Crippen LogP contribution in [-0.2, 0) is 6.54 Å². The lowest BCUT2D eigenvalue weighted by molar-refractivity contribution is 0.132. The average molecular weight is 274 g/mol. The van der Waals surface area contributed by atoms with Crippen molar-refractivity contribution in [2.75, 3.05) is 32.7 Å². The molecular weight excluding hydrogens is 248 g/mol. The zero-order chi connectivity index (χ0) is 14.5. The second-order valence-electron chi connectivity index (χ2n) is 5.63. The summed E-state index contributed by atoms with van der Waals surface area (Å²) >= 11 is 0. The minimum absolute atomic E-state index is 1.02. The molecule has 0 bridgehead atoms. The molecule has 4 nitrogen and oxygen atoms in total. The fourth-order valence-electron chi connectivity index (χ4n) is 2.85. The summed E-state index contributed by atoms with van der Waals surface area (Å²) in [6.07, 6.45) is 1.75. The van der Waals surface area contributed by atoms with Gasteiger partial charge in [0.05, 0.1) is 6.21 Å². The number of aryl methyl sites for hydroxylation is 1. The Morgan fingerprint density at radius 1 is 1.15 bits per heavy atom. The fraction of sp³-hybridized carbons (Fsp3) is 0.562. The second-order valence-corrected chi connectivity index (χ2v) is 5.63. The smallest absolute Gasteiger partial charge is 0.0540 e. The molecule has 0 saturated carbocycles. The Balaban J connectivity index is 2.09. The number of nitrogens with zero attached hydrogens (tertiary/aromatic N) is 3. The van der Waals surface area contributed by atoms with E-state index in [1.807, 2.05) is 0 Å². The summed E-state index contributed by atoms with van der Waals surface area (Å²) in [5.74, 6) is 5.30. The third-order valence-electron chi connectivity index (χ3n) is 4.22. The van der Waals surface area contributed by atoms with E-state index in [0.29, 0.717) is 0 Å². The molecule has 0 aliphatic carbocycles. The standard InChI is InChI=1S/C16H26N4/c1-4-19-5-7-20(8-6-19)12-16-10-13(2)9-15(11-18-17)14(16)3/h9-11H,4-8,12,17H2,1-3H3. The number of likely N-dealkylation sites (N-methyl/N-ethyl adjacent to an activating group) is 1. The number of rotatable bonds is 4. The van der Waals surface area contributed by atoms with E-state index in [1.165, 1.54) is 29.8 Å². The second kappa shape index (κ2) is 6.86. The lowest BCUT2D eigenvalue weighted by Gasteiger charge is -2.34. The summed E-state index contributed by atoms with van der Waals surface area (Å²) in [7, 11) is 0. The van der Waals surface area contributed by atoms with Gasteiger partial charge in [0.1, 0.15) is 0 Å². The maximum atomic E-state index is 5.30. The normalized spacial score (nSPS) is 17.9. The molecule has 20 heavy (non-hydrogen) atoms. The average Bonchev–Trinajstić information content (AvgIpc) is 2.45. The van der Waals surface area contributed by atoms with Gasteiger partial charge in [-0.15, -0.1) is 0 Å². The predicted molar refractivity (Wildman–Crippen MR) is 85.1 cm³/mol. The van der Waals surface area contributed by atoms with Gasteiger partial charge in [0, 0.05) is 32.7 Å². The Kier molecular flexibility index (Phi) is 5.15. The fourth-order valence-corrected chi connectivity index (χ4v) is 2.85. The van der Waals surface area contributed by atoms with Crippen LogP contribution >= 0.6 is 0 Å². The maximum absolute atomic E-state index is 5.30. The van der Waals surface area contributed by atoms with Crippen LogP contribution in [0.3, 0.4) is 0 Å². The van der Waals surface area contributed by atoms with Crippen molar-refractivity contribution in [3.05, 3.63) is 34.4 Å². The monoisotopic (exact) mass is 274 g/mol. The van der Waals surface area contributed by atoms with Crippen LogP contribution < -0.4 is 5.84 Å². The van der Waals surface area contributed by atoms with Gasteiger partial charge in [-0.2, -0.15) is 5.10 Å². The van der Waals surface area contributed by atoms with Crippen molar-refractivity contribution in [2.24, 2.45) is 10.9 Å². The molecule has 0 atom stereocenters. The Bertz CT molecular complexity index is 474. The van der Waals surface area contributed by atoms with Crippen LogP contribution in [-0.4, -0.2) is 48.7 Å². The van der Waals surface area contributed by atoms with Gasteiger partial charge in [0.25, 0.3) is 0 Å². The van der Waals surface area contributed by atoms with E-state index in [1.54, 1.807) is 6.21 Å². The van der Waals surface area contributed by atoms with Crippen LogP contribution in [0.25, 0.3) is 0 Å². The highest BCUT2D eigenvalue weighted by molar-refractivity contribution is 5.82. The molecule has 1 aromatic carbocycles. The first-order chi connectivity index (χ1) is 9.63. The molecule has 1 aliphatic heterocycles. The highest BCUT2D eigenvalue weighted by Crippen LogP contribution is 2.18. The summed E-state index contributed by atoms with van der Waals surface area (Å²) < 4.78 is 0. The van der Waals surface area contributed by atoms with Crippen molar-refractivity contribution in [3.63, 3.8) is 0 Å². The highest BCUT2D eigenvalue weighted by atomic mass is 15.3. The molecule has 0 spiro atoms. The van der Waals surface area contributed by atoms with Gasteiger partial charge in [-0.25, -0.2) is 0 Å². The molecule has 0 amide bonds. The molecule has 0 aromatic heterocycles. The van der Waals surface area contributed by atoms with E-state index in [2.05, 4.69) is 47.8 Å². The van der Waals surface area contributed by atoms with Gasteiger partial charge in [-0.3, -0.25) is 4.90 Å². The first kappa shape index (κ1) is 15.0. The Labute approximate surface area is 122 Å². The van der Waals surface area contributed by atoms with E-state index in [9.17, 15) is 0 Å². The van der Waals surface area contributed by atoms with Gasteiger partial charge in [-0.05, 0) is 37.1 Å². The minimum atomic E-state index is 1.02. The largest absolute Gasteiger partial charge is 0.323 e. The van der Waals surface area contributed by atoms with E-state index in [0.717, 1.165) is 31.7 Å². The Morgan fingerprint density at radius 2 is 1.80 bits per heavy atom. The van der Waals surface area contributed by atoms with Crippen LogP contribution in [0.15, 0.2) is 17.2 Å². The van der Waals surface area contributed by atoms with Crippen molar-refractivity contribution in [3.8, 4) is 0 Å². The van der Waals surface area contributed by atoms with Gasteiger partial charge in [-0.1, -0.05) is 24.6 Å². The molecule has 2 N–H and O–H groups in total. The first-order valence-electron chi connectivity index (χ1n) is 7.42. The van der Waals surface area contributed by atoms with Crippen LogP contribution in [0.4, 0.5) is 0 Å². The molecule has 1 aliphatic rings. The van der Waals surface area contributed by atoms with Gasteiger partial charge in [0.15, 0.2) is 0 Å². The van der Waals surface area contributed by atoms with Crippen molar-refractivity contribution in [2.45, 2.75) is 27.3 Å². The van der Waals surface area contributed by atoms with Crippen molar-refractivity contribution < 1.29 is 0 Å². The SMILES string of the molecule is CCN1CCN(Cc2cc(C)cc(C=NN)c2C)CC1. The topological polar surface area (TPSA) is 44.9 Å². The number of hydrogen-bond acceptors (Lipinski definition) is 4. The lowest BCUT2D eigenvalue weighted by Crippen LogP contribution is -2.45. The Hall–Kier alpha value is -1.39. The number of piperazine rings is 1. The zero-order valence-electron chi connectivity index (χ0n) is 12.9. The van der Waals surface area contributed by atoms with Crippen molar-refractivity contribution >= 4 is 6.21 Å². The summed E-state index contributed by atoms with van der Waals surface area (Å²) in [6.45, 7) is 13.4. The molecule has 0 unspecified atom stereocenters. The molecule has 4 heteroatoms. The first-order valence-corrected chi connectivity index (χ1v) is 7.42. The molecule has 1 heterocycles. The molecule has 1 aromatic rings. The quantitative estimate of drug-likeness (QED) is 0.517. The van der Waals surface area contributed by atoms with Crippen LogP contribution in [0.2, 0.25) is 0 Å². The van der Waals surface area contributed by atoms with Crippen LogP contribution in [0.5, 0.6) is 0 Å². The molecule has 1 fully saturated rings. The number of benzene rings is 1. The van der Waals surface area contributed by atoms with Crippen LogP contribution in [0, 0.1) is 13.8 Å². The van der Waals surface area contributed by atoms with E-state index < -0.39 is 0 Å². The number of nitrogens with two attached hydrogens (primary N) is 1. The molecular formula is C16H26N4. The third kappa shape index (κ3) is 3.58. The summed E-state index contributed by atoms with van der Waals surface area (Å²) in [4.78, 5) is 5.05. The number of hydrazone groups is 1. The van der Waals surface area contributed by atoms with E-state index >= 15 is 0 Å². The Morgan fingerprint density at radius 3 is 2.40 bits per heavy atom. The molecule has 0 radical (unpaired) electrons. The van der Waals surface area contributed by atoms with Gasteiger partial charge in [0.2, 0.25) is 0 Å². The van der Waals surface area contributed by atoms with Crippen LogP contribution in [0.1, 0.15) is 29.2 Å². The lowest BCUT2D eigenvalue weighted by atomic mass is 9.99. The maximum Gasteiger partial charge on any atom is 0.0540 e.